The first kappa shape index (κ1) is 11.1. The third kappa shape index (κ3) is 2.45. The van der Waals surface area contributed by atoms with Crippen LogP contribution in [0.15, 0.2) is 0 Å². The van der Waals surface area contributed by atoms with Crippen LogP contribution in [0.25, 0.3) is 0 Å². The Morgan fingerprint density at radius 3 is 2.50 bits per heavy atom. The van der Waals surface area contributed by atoms with Crippen LogP contribution in [0, 0.1) is 17.3 Å². The van der Waals surface area contributed by atoms with Gasteiger partial charge >= 0.3 is 0 Å². The third-order valence-corrected chi connectivity index (χ3v) is 5.34. The van der Waals surface area contributed by atoms with Crippen LogP contribution in [0.4, 0.5) is 0 Å². The fraction of sp³-hybridized carbons (Fsp3) is 1.00. The predicted molar refractivity (Wildman–Crippen MR) is 68.4 cm³/mol. The first-order valence-corrected chi connectivity index (χ1v) is 7.52. The predicted octanol–water partition coefficient (Wildman–Crippen LogP) is 3.74. The van der Waals surface area contributed by atoms with Crippen molar-refractivity contribution >= 4 is 0 Å². The van der Waals surface area contributed by atoms with Crippen LogP contribution in [0.1, 0.15) is 64.7 Å². The summed E-state index contributed by atoms with van der Waals surface area (Å²) in [5.41, 5.74) is 0.790. The molecule has 2 unspecified atom stereocenters. The van der Waals surface area contributed by atoms with Gasteiger partial charge in [-0.3, -0.25) is 0 Å². The van der Waals surface area contributed by atoms with Gasteiger partial charge in [-0.1, -0.05) is 19.8 Å². The quantitative estimate of drug-likeness (QED) is 0.713. The monoisotopic (exact) mass is 221 g/mol. The molecule has 3 aliphatic rings. The Morgan fingerprint density at radius 1 is 1.00 bits per heavy atom. The van der Waals surface area contributed by atoms with Gasteiger partial charge in [-0.2, -0.15) is 0 Å². The average molecular weight is 221 g/mol. The summed E-state index contributed by atoms with van der Waals surface area (Å²) in [6.45, 7) is 3.77. The van der Waals surface area contributed by atoms with Crippen molar-refractivity contribution in [1.29, 1.82) is 0 Å². The Labute approximate surface area is 100 Å². The topological polar surface area (TPSA) is 12.0 Å². The van der Waals surface area contributed by atoms with Crippen LogP contribution in [-0.2, 0) is 0 Å². The molecule has 0 aromatic heterocycles. The lowest BCUT2D eigenvalue weighted by molar-refractivity contribution is 0.353. The SMILES string of the molecule is CC1CCCC(NCC2(C3CC3)CC2)CC1. The highest BCUT2D eigenvalue weighted by atomic mass is 14.9. The van der Waals surface area contributed by atoms with Crippen LogP contribution >= 0.6 is 0 Å². The van der Waals surface area contributed by atoms with Gasteiger partial charge < -0.3 is 5.32 Å². The summed E-state index contributed by atoms with van der Waals surface area (Å²) in [5, 5.41) is 3.91. The minimum Gasteiger partial charge on any atom is -0.313 e. The first-order chi connectivity index (χ1) is 7.78. The van der Waals surface area contributed by atoms with E-state index >= 15 is 0 Å². The van der Waals surface area contributed by atoms with Crippen LogP contribution in [0.2, 0.25) is 0 Å². The fourth-order valence-electron chi connectivity index (χ4n) is 3.62. The summed E-state index contributed by atoms with van der Waals surface area (Å²) >= 11 is 0. The van der Waals surface area contributed by atoms with Gasteiger partial charge in [-0.15, -0.1) is 0 Å². The number of rotatable bonds is 4. The summed E-state index contributed by atoms with van der Waals surface area (Å²) in [5.74, 6) is 2.09. The van der Waals surface area contributed by atoms with Gasteiger partial charge in [0.2, 0.25) is 0 Å². The van der Waals surface area contributed by atoms with E-state index in [0.29, 0.717) is 0 Å². The molecule has 0 bridgehead atoms. The second-order valence-electron chi connectivity index (χ2n) is 6.83. The molecule has 0 spiro atoms. The van der Waals surface area contributed by atoms with E-state index in [0.717, 1.165) is 23.3 Å². The van der Waals surface area contributed by atoms with Gasteiger partial charge in [0.1, 0.15) is 0 Å². The second kappa shape index (κ2) is 4.33. The van der Waals surface area contributed by atoms with Gasteiger partial charge in [0.25, 0.3) is 0 Å². The van der Waals surface area contributed by atoms with E-state index in [1.807, 2.05) is 0 Å². The summed E-state index contributed by atoms with van der Waals surface area (Å²) in [6, 6.07) is 0.848. The molecule has 1 N–H and O–H groups in total. The molecule has 3 saturated carbocycles. The molecular formula is C15H27N. The maximum atomic E-state index is 3.91. The molecule has 3 aliphatic carbocycles. The fourth-order valence-corrected chi connectivity index (χ4v) is 3.62. The molecule has 0 aliphatic heterocycles. The molecule has 92 valence electrons. The van der Waals surface area contributed by atoms with Crippen molar-refractivity contribution in [3.05, 3.63) is 0 Å². The molecule has 0 amide bonds. The zero-order valence-electron chi connectivity index (χ0n) is 10.8. The lowest BCUT2D eigenvalue weighted by atomic mass is 9.99. The molecular weight excluding hydrogens is 194 g/mol. The first-order valence-electron chi connectivity index (χ1n) is 7.52. The highest BCUT2D eigenvalue weighted by Crippen LogP contribution is 2.60. The van der Waals surface area contributed by atoms with E-state index in [9.17, 15) is 0 Å². The molecule has 0 aromatic carbocycles. The summed E-state index contributed by atoms with van der Waals surface area (Å²) in [7, 11) is 0. The Bertz CT molecular complexity index is 240. The van der Waals surface area contributed by atoms with Gasteiger partial charge in [-0.05, 0) is 62.2 Å². The molecule has 3 fully saturated rings. The zero-order valence-corrected chi connectivity index (χ0v) is 10.8. The molecule has 2 atom stereocenters. The molecule has 1 nitrogen and oxygen atoms in total. The van der Waals surface area contributed by atoms with E-state index < -0.39 is 0 Å². The van der Waals surface area contributed by atoms with Crippen molar-refractivity contribution in [2.24, 2.45) is 17.3 Å². The van der Waals surface area contributed by atoms with Gasteiger partial charge in [-0.25, -0.2) is 0 Å². The minimum atomic E-state index is 0.790. The van der Waals surface area contributed by atoms with Crippen molar-refractivity contribution in [3.8, 4) is 0 Å². The van der Waals surface area contributed by atoms with Crippen molar-refractivity contribution in [3.63, 3.8) is 0 Å². The molecule has 0 radical (unpaired) electrons. The van der Waals surface area contributed by atoms with Crippen molar-refractivity contribution in [2.75, 3.05) is 6.54 Å². The minimum absolute atomic E-state index is 0.790. The van der Waals surface area contributed by atoms with E-state index in [2.05, 4.69) is 12.2 Å². The largest absolute Gasteiger partial charge is 0.313 e. The normalized spacial score (nSPS) is 38.1. The van der Waals surface area contributed by atoms with Crippen molar-refractivity contribution in [1.82, 2.24) is 5.32 Å². The Hall–Kier alpha value is -0.0400. The molecule has 0 saturated heterocycles. The Morgan fingerprint density at radius 2 is 1.81 bits per heavy atom. The summed E-state index contributed by atoms with van der Waals surface area (Å²) in [4.78, 5) is 0. The highest BCUT2D eigenvalue weighted by molar-refractivity contribution is 5.05. The van der Waals surface area contributed by atoms with Gasteiger partial charge in [0.05, 0.1) is 0 Å². The van der Waals surface area contributed by atoms with Crippen LogP contribution in [0.5, 0.6) is 0 Å². The van der Waals surface area contributed by atoms with E-state index in [-0.39, 0.29) is 0 Å². The molecule has 1 heteroatoms. The Balaban J connectivity index is 1.44. The molecule has 3 rings (SSSR count). The molecule has 16 heavy (non-hydrogen) atoms. The number of hydrogen-bond acceptors (Lipinski definition) is 1. The standard InChI is InChI=1S/C15H27N/c1-12-3-2-4-14(8-5-12)16-11-15(9-10-15)13-6-7-13/h12-14,16H,2-11H2,1H3. The molecule has 0 heterocycles. The summed E-state index contributed by atoms with van der Waals surface area (Å²) < 4.78 is 0. The second-order valence-corrected chi connectivity index (χ2v) is 6.83. The Kier molecular flexibility index (Phi) is 2.99. The van der Waals surface area contributed by atoms with E-state index in [1.165, 1.54) is 64.3 Å². The van der Waals surface area contributed by atoms with Crippen molar-refractivity contribution in [2.45, 2.75) is 70.8 Å². The van der Waals surface area contributed by atoms with E-state index in [1.54, 1.807) is 0 Å². The van der Waals surface area contributed by atoms with Gasteiger partial charge in [0, 0.05) is 12.6 Å². The summed E-state index contributed by atoms with van der Waals surface area (Å²) in [6.07, 6.45) is 13.3. The third-order valence-electron chi connectivity index (χ3n) is 5.34. The average Bonchev–Trinajstić information content (AvgIpc) is 3.13. The molecule has 0 aromatic rings. The van der Waals surface area contributed by atoms with Gasteiger partial charge in [0.15, 0.2) is 0 Å². The van der Waals surface area contributed by atoms with Crippen molar-refractivity contribution < 1.29 is 0 Å². The van der Waals surface area contributed by atoms with Crippen LogP contribution in [-0.4, -0.2) is 12.6 Å². The maximum absolute atomic E-state index is 3.91. The van der Waals surface area contributed by atoms with E-state index in [4.69, 9.17) is 0 Å². The highest BCUT2D eigenvalue weighted by Gasteiger charge is 2.53. The lowest BCUT2D eigenvalue weighted by Crippen LogP contribution is -2.34. The number of hydrogen-bond donors (Lipinski definition) is 1. The zero-order chi connectivity index (χ0) is 11.0. The lowest BCUT2D eigenvalue weighted by Gasteiger charge is -2.21. The van der Waals surface area contributed by atoms with Crippen LogP contribution < -0.4 is 5.32 Å². The van der Waals surface area contributed by atoms with Crippen LogP contribution in [0.3, 0.4) is 0 Å². The number of nitrogens with one attached hydrogen (secondary N) is 1. The smallest absolute Gasteiger partial charge is 0.00673 e. The maximum Gasteiger partial charge on any atom is 0.00673 e.